The van der Waals surface area contributed by atoms with E-state index in [4.69, 9.17) is 4.74 Å². The Bertz CT molecular complexity index is 640. The van der Waals surface area contributed by atoms with Gasteiger partial charge in [0.25, 0.3) is 0 Å². The van der Waals surface area contributed by atoms with Crippen molar-refractivity contribution in [1.82, 2.24) is 15.1 Å². The van der Waals surface area contributed by atoms with Crippen molar-refractivity contribution in [2.24, 2.45) is 0 Å². The maximum atomic E-state index is 11.6. The van der Waals surface area contributed by atoms with Gasteiger partial charge in [-0.3, -0.25) is 0 Å². The maximum absolute atomic E-state index is 11.6. The summed E-state index contributed by atoms with van der Waals surface area (Å²) in [5, 5.41) is 7.41. The first-order valence-electron chi connectivity index (χ1n) is 6.75. The van der Waals surface area contributed by atoms with Crippen LogP contribution >= 0.6 is 15.9 Å². The molecule has 0 aliphatic rings. The average molecular weight is 352 g/mol. The monoisotopic (exact) mass is 351 g/mol. The molecule has 1 aromatic heterocycles. The quantitative estimate of drug-likeness (QED) is 0.841. The Morgan fingerprint density at radius 2 is 2.29 bits per heavy atom. The van der Waals surface area contributed by atoms with Crippen molar-refractivity contribution in [2.75, 3.05) is 13.7 Å². The van der Waals surface area contributed by atoms with Crippen LogP contribution in [0.15, 0.2) is 35.1 Å². The number of hydrogen-bond acceptors (Lipinski definition) is 4. The first-order chi connectivity index (χ1) is 10.1. The fourth-order valence-electron chi connectivity index (χ4n) is 1.95. The van der Waals surface area contributed by atoms with Crippen molar-refractivity contribution in [3.05, 3.63) is 46.2 Å². The molecule has 2 rings (SSSR count). The minimum Gasteiger partial charge on any atom is -0.462 e. The van der Waals surface area contributed by atoms with E-state index in [1.54, 1.807) is 17.8 Å². The lowest BCUT2D eigenvalue weighted by atomic mass is 10.1. The second-order valence-electron chi connectivity index (χ2n) is 4.61. The van der Waals surface area contributed by atoms with E-state index in [9.17, 15) is 4.79 Å². The molecule has 1 heterocycles. The number of nitrogens with zero attached hydrogens (tertiary/aromatic N) is 2. The summed E-state index contributed by atoms with van der Waals surface area (Å²) in [6, 6.07) is 6.23. The number of ether oxygens (including phenoxy) is 1. The predicted molar refractivity (Wildman–Crippen MR) is 84.7 cm³/mol. The molecule has 0 amide bonds. The smallest absolute Gasteiger partial charge is 0.341 e. The van der Waals surface area contributed by atoms with Crippen LogP contribution in [0.4, 0.5) is 0 Å². The van der Waals surface area contributed by atoms with E-state index < -0.39 is 0 Å². The largest absolute Gasteiger partial charge is 0.462 e. The number of aromatic nitrogens is 2. The molecule has 0 radical (unpaired) electrons. The van der Waals surface area contributed by atoms with Crippen molar-refractivity contribution >= 4 is 21.9 Å². The molecule has 0 bridgehead atoms. The average Bonchev–Trinajstić information content (AvgIpc) is 2.96. The maximum Gasteiger partial charge on any atom is 0.341 e. The number of rotatable bonds is 5. The van der Waals surface area contributed by atoms with Gasteiger partial charge in [0.2, 0.25) is 0 Å². The van der Waals surface area contributed by atoms with E-state index in [0.29, 0.717) is 12.2 Å². The molecule has 2 aromatic rings. The highest BCUT2D eigenvalue weighted by Crippen LogP contribution is 2.25. The predicted octanol–water partition coefficient (Wildman–Crippen LogP) is 3.09. The van der Waals surface area contributed by atoms with Gasteiger partial charge in [0.05, 0.1) is 24.1 Å². The van der Waals surface area contributed by atoms with E-state index in [0.717, 1.165) is 10.2 Å². The number of halogens is 1. The summed E-state index contributed by atoms with van der Waals surface area (Å²) in [6.07, 6.45) is 3.18. The Balaban J connectivity index is 2.27. The summed E-state index contributed by atoms with van der Waals surface area (Å²) in [7, 11) is 1.92. The van der Waals surface area contributed by atoms with Crippen molar-refractivity contribution in [2.45, 2.75) is 19.9 Å². The molecule has 1 N–H and O–H groups in total. The summed E-state index contributed by atoms with van der Waals surface area (Å²) in [5.74, 6) is -0.358. The minimum absolute atomic E-state index is 0.251. The zero-order chi connectivity index (χ0) is 15.4. The lowest BCUT2D eigenvalue weighted by Crippen LogP contribution is -2.13. The van der Waals surface area contributed by atoms with Crippen molar-refractivity contribution in [3.8, 4) is 5.69 Å². The molecule has 0 aliphatic heterocycles. The third-order valence-corrected chi connectivity index (χ3v) is 3.93. The SMILES string of the molecule is CCOC(=O)c1cnn(-c2ccc(C(C)NC)c(Br)c2)c1. The number of nitrogens with one attached hydrogen (secondary N) is 1. The Labute approximate surface area is 132 Å². The molecule has 1 aromatic carbocycles. The highest BCUT2D eigenvalue weighted by molar-refractivity contribution is 9.10. The third kappa shape index (κ3) is 3.51. The van der Waals surface area contributed by atoms with E-state index in [2.05, 4.69) is 33.3 Å². The Hall–Kier alpha value is -1.66. The van der Waals surface area contributed by atoms with Gasteiger partial charge < -0.3 is 10.1 Å². The summed E-state index contributed by atoms with van der Waals surface area (Å²) in [4.78, 5) is 11.6. The molecule has 0 aliphatic carbocycles. The Kier molecular flexibility index (Phi) is 5.14. The van der Waals surface area contributed by atoms with Crippen LogP contribution in [0.3, 0.4) is 0 Å². The van der Waals surface area contributed by atoms with Crippen LogP contribution < -0.4 is 5.32 Å². The molecule has 0 saturated heterocycles. The van der Waals surface area contributed by atoms with E-state index >= 15 is 0 Å². The second kappa shape index (κ2) is 6.87. The summed E-state index contributed by atoms with van der Waals surface area (Å²) < 4.78 is 7.61. The minimum atomic E-state index is -0.358. The van der Waals surface area contributed by atoms with Crippen molar-refractivity contribution in [3.63, 3.8) is 0 Å². The molecule has 0 fully saturated rings. The Morgan fingerprint density at radius 1 is 1.52 bits per heavy atom. The van der Waals surface area contributed by atoms with Gasteiger partial charge in [-0.25, -0.2) is 9.48 Å². The van der Waals surface area contributed by atoms with Crippen LogP contribution in [-0.2, 0) is 4.74 Å². The zero-order valence-electron chi connectivity index (χ0n) is 12.3. The van der Waals surface area contributed by atoms with Gasteiger partial charge in [0.1, 0.15) is 0 Å². The molecule has 21 heavy (non-hydrogen) atoms. The van der Waals surface area contributed by atoms with Crippen LogP contribution in [0.5, 0.6) is 0 Å². The van der Waals surface area contributed by atoms with Gasteiger partial charge in [0.15, 0.2) is 0 Å². The van der Waals surface area contributed by atoms with Gasteiger partial charge in [-0.1, -0.05) is 22.0 Å². The van der Waals surface area contributed by atoms with Crippen LogP contribution in [0.1, 0.15) is 35.8 Å². The third-order valence-electron chi connectivity index (χ3n) is 3.24. The van der Waals surface area contributed by atoms with E-state index in [1.165, 1.54) is 11.8 Å². The molecule has 0 saturated carbocycles. The number of esters is 1. The number of hydrogen-bond donors (Lipinski definition) is 1. The van der Waals surface area contributed by atoms with E-state index in [-0.39, 0.29) is 12.0 Å². The molecule has 1 atom stereocenters. The molecule has 5 nitrogen and oxygen atoms in total. The van der Waals surface area contributed by atoms with Crippen LogP contribution in [0, 0.1) is 0 Å². The summed E-state index contributed by atoms with van der Waals surface area (Å²) in [6.45, 7) is 4.22. The molecule has 6 heteroatoms. The van der Waals surface area contributed by atoms with Crippen LogP contribution in [0.25, 0.3) is 5.69 Å². The highest BCUT2D eigenvalue weighted by Gasteiger charge is 2.12. The topological polar surface area (TPSA) is 56.1 Å². The van der Waals surface area contributed by atoms with Gasteiger partial charge in [-0.15, -0.1) is 0 Å². The van der Waals surface area contributed by atoms with Gasteiger partial charge >= 0.3 is 5.97 Å². The van der Waals surface area contributed by atoms with Gasteiger partial charge in [-0.05, 0) is 38.6 Å². The molecule has 1 unspecified atom stereocenters. The number of carbonyl (C=O) groups excluding carboxylic acids is 1. The fourth-order valence-corrected chi connectivity index (χ4v) is 2.66. The molecule has 112 valence electrons. The van der Waals surface area contributed by atoms with Gasteiger partial charge in [-0.2, -0.15) is 5.10 Å². The second-order valence-corrected chi connectivity index (χ2v) is 5.46. The van der Waals surface area contributed by atoms with Crippen molar-refractivity contribution < 1.29 is 9.53 Å². The lowest BCUT2D eigenvalue weighted by Gasteiger charge is -2.13. The standard InChI is InChI=1S/C15H18BrN3O2/c1-4-21-15(20)11-8-18-19(9-11)12-5-6-13(10(2)17-3)14(16)7-12/h5-10,17H,4H2,1-3H3. The number of carbonyl (C=O) groups is 1. The van der Waals surface area contributed by atoms with Crippen molar-refractivity contribution in [1.29, 1.82) is 0 Å². The first-order valence-corrected chi connectivity index (χ1v) is 7.55. The van der Waals surface area contributed by atoms with E-state index in [1.807, 2.05) is 25.2 Å². The van der Waals surface area contributed by atoms with Crippen LogP contribution in [0.2, 0.25) is 0 Å². The molecular weight excluding hydrogens is 334 g/mol. The highest BCUT2D eigenvalue weighted by atomic mass is 79.9. The fraction of sp³-hybridized carbons (Fsp3) is 0.333. The molecule has 0 spiro atoms. The van der Waals surface area contributed by atoms with Gasteiger partial charge in [0, 0.05) is 16.7 Å². The Morgan fingerprint density at radius 3 is 2.90 bits per heavy atom. The molecular formula is C15H18BrN3O2. The summed E-state index contributed by atoms with van der Waals surface area (Å²) in [5.41, 5.74) is 2.49. The number of benzene rings is 1. The first kappa shape index (κ1) is 15.7. The summed E-state index contributed by atoms with van der Waals surface area (Å²) >= 11 is 3.57. The zero-order valence-corrected chi connectivity index (χ0v) is 13.8. The lowest BCUT2D eigenvalue weighted by molar-refractivity contribution is 0.0526. The normalized spacial score (nSPS) is 12.2. The van der Waals surface area contributed by atoms with Crippen LogP contribution in [-0.4, -0.2) is 29.4 Å².